The molecule has 1 fully saturated rings. The van der Waals surface area contributed by atoms with Crippen molar-refractivity contribution in [2.75, 3.05) is 13.1 Å². The van der Waals surface area contributed by atoms with Crippen molar-refractivity contribution in [3.63, 3.8) is 0 Å². The van der Waals surface area contributed by atoms with Crippen molar-refractivity contribution in [2.24, 2.45) is 0 Å². The fourth-order valence-corrected chi connectivity index (χ4v) is 3.89. The Labute approximate surface area is 169 Å². The van der Waals surface area contributed by atoms with E-state index in [2.05, 4.69) is 16.3 Å². The van der Waals surface area contributed by atoms with Crippen LogP contribution in [0.3, 0.4) is 0 Å². The summed E-state index contributed by atoms with van der Waals surface area (Å²) >= 11 is 17.7. The van der Waals surface area contributed by atoms with Gasteiger partial charge in [0, 0.05) is 28.7 Å². The molecule has 1 aliphatic heterocycles. The highest BCUT2D eigenvalue weighted by Gasteiger charge is 2.40. The molecule has 136 valence electrons. The van der Waals surface area contributed by atoms with Crippen molar-refractivity contribution in [1.82, 2.24) is 10.2 Å². The molecule has 0 unspecified atom stereocenters. The Morgan fingerprint density at radius 2 is 1.88 bits per heavy atom. The lowest BCUT2D eigenvalue weighted by Crippen LogP contribution is -2.51. The maximum absolute atomic E-state index is 12.6. The molecule has 3 nitrogen and oxygen atoms in total. The first-order valence-corrected chi connectivity index (χ1v) is 9.66. The Morgan fingerprint density at radius 3 is 2.58 bits per heavy atom. The van der Waals surface area contributed by atoms with Gasteiger partial charge in [-0.25, -0.2) is 0 Å². The molecule has 0 aromatic heterocycles. The molecular formula is C20H20Cl2N2OS. The number of benzene rings is 2. The number of thiocarbonyl (C=S) groups is 1. The van der Waals surface area contributed by atoms with Crippen molar-refractivity contribution in [2.45, 2.75) is 25.3 Å². The molecule has 0 radical (unpaired) electrons. The van der Waals surface area contributed by atoms with Crippen molar-refractivity contribution >= 4 is 46.3 Å². The van der Waals surface area contributed by atoms with Crippen LogP contribution in [0.4, 0.5) is 0 Å². The van der Waals surface area contributed by atoms with Gasteiger partial charge in [-0.15, -0.1) is 0 Å². The number of carbonyl (C=O) groups is 1. The summed E-state index contributed by atoms with van der Waals surface area (Å²) in [5.74, 6) is -0.158. The van der Waals surface area contributed by atoms with Crippen LogP contribution in [0.25, 0.3) is 0 Å². The molecule has 2 aromatic rings. The number of hydrogen-bond acceptors (Lipinski definition) is 2. The van der Waals surface area contributed by atoms with E-state index in [-0.39, 0.29) is 5.91 Å². The number of likely N-dealkylation sites (tertiary alicyclic amines) is 1. The third kappa shape index (κ3) is 4.37. The van der Waals surface area contributed by atoms with E-state index in [4.69, 9.17) is 35.4 Å². The van der Waals surface area contributed by atoms with E-state index in [1.807, 2.05) is 25.1 Å². The maximum Gasteiger partial charge on any atom is 0.252 e. The SMILES string of the molecule is C[C@]1(NC(=O)c2cccc(Cl)c2)CCN(CCc2cccc(Cl)c2)C1=S. The summed E-state index contributed by atoms with van der Waals surface area (Å²) in [7, 11) is 0. The minimum absolute atomic E-state index is 0.158. The molecular weight excluding hydrogens is 387 g/mol. The van der Waals surface area contributed by atoms with E-state index < -0.39 is 5.54 Å². The number of nitrogens with one attached hydrogen (secondary N) is 1. The van der Waals surface area contributed by atoms with Crippen LogP contribution in [0.1, 0.15) is 29.3 Å². The van der Waals surface area contributed by atoms with E-state index in [1.165, 1.54) is 5.56 Å². The van der Waals surface area contributed by atoms with Crippen LogP contribution in [0.15, 0.2) is 48.5 Å². The van der Waals surface area contributed by atoms with Crippen LogP contribution in [0, 0.1) is 0 Å². The summed E-state index contributed by atoms with van der Waals surface area (Å²) in [6.45, 7) is 3.62. The zero-order valence-electron chi connectivity index (χ0n) is 14.5. The molecule has 0 spiro atoms. The fourth-order valence-electron chi connectivity index (χ4n) is 3.15. The van der Waals surface area contributed by atoms with E-state index >= 15 is 0 Å². The lowest BCUT2D eigenvalue weighted by atomic mass is 10.0. The Hall–Kier alpha value is -1.62. The van der Waals surface area contributed by atoms with Gasteiger partial charge in [-0.2, -0.15) is 0 Å². The lowest BCUT2D eigenvalue weighted by molar-refractivity contribution is 0.0928. The van der Waals surface area contributed by atoms with Crippen LogP contribution in [0.2, 0.25) is 10.0 Å². The van der Waals surface area contributed by atoms with Crippen LogP contribution in [-0.4, -0.2) is 34.4 Å². The zero-order valence-corrected chi connectivity index (χ0v) is 16.8. The molecule has 6 heteroatoms. The summed E-state index contributed by atoms with van der Waals surface area (Å²) < 4.78 is 0. The smallest absolute Gasteiger partial charge is 0.252 e. The number of rotatable bonds is 5. The highest BCUT2D eigenvalue weighted by atomic mass is 35.5. The molecule has 26 heavy (non-hydrogen) atoms. The second-order valence-corrected chi connectivity index (χ2v) is 7.98. The van der Waals surface area contributed by atoms with Crippen molar-refractivity contribution < 1.29 is 4.79 Å². The Balaban J connectivity index is 1.62. The first-order chi connectivity index (χ1) is 12.4. The molecule has 1 atom stereocenters. The van der Waals surface area contributed by atoms with Gasteiger partial charge in [-0.1, -0.05) is 53.6 Å². The van der Waals surface area contributed by atoms with Gasteiger partial charge in [0.05, 0.1) is 5.54 Å². The number of nitrogens with zero attached hydrogens (tertiary/aromatic N) is 1. The highest BCUT2D eigenvalue weighted by Crippen LogP contribution is 2.25. The van der Waals surface area contributed by atoms with Crippen molar-refractivity contribution in [3.05, 3.63) is 69.7 Å². The lowest BCUT2D eigenvalue weighted by Gasteiger charge is -2.28. The minimum Gasteiger partial charge on any atom is -0.364 e. The third-order valence-electron chi connectivity index (χ3n) is 4.68. The molecule has 0 aliphatic carbocycles. The average molecular weight is 407 g/mol. The Morgan fingerprint density at radius 1 is 1.19 bits per heavy atom. The molecule has 2 aromatic carbocycles. The fraction of sp³-hybridized carbons (Fsp3) is 0.300. The largest absolute Gasteiger partial charge is 0.364 e. The van der Waals surface area contributed by atoms with Crippen LogP contribution < -0.4 is 5.32 Å². The number of carbonyl (C=O) groups excluding carboxylic acids is 1. The van der Waals surface area contributed by atoms with Gasteiger partial charge in [0.2, 0.25) is 0 Å². The van der Waals surface area contributed by atoms with Gasteiger partial charge in [0.15, 0.2) is 0 Å². The summed E-state index contributed by atoms with van der Waals surface area (Å²) in [5, 5.41) is 4.37. The topological polar surface area (TPSA) is 32.3 Å². The molecule has 1 heterocycles. The first kappa shape index (κ1) is 19.2. The molecule has 0 bridgehead atoms. The van der Waals surface area contributed by atoms with Gasteiger partial charge in [-0.05, 0) is 55.7 Å². The summed E-state index contributed by atoms with van der Waals surface area (Å²) in [6, 6.07) is 14.8. The zero-order chi connectivity index (χ0) is 18.7. The van der Waals surface area contributed by atoms with Gasteiger partial charge < -0.3 is 10.2 Å². The van der Waals surface area contributed by atoms with E-state index in [0.29, 0.717) is 10.6 Å². The highest BCUT2D eigenvalue weighted by molar-refractivity contribution is 7.80. The molecule has 3 rings (SSSR count). The van der Waals surface area contributed by atoms with E-state index in [1.54, 1.807) is 24.3 Å². The van der Waals surface area contributed by atoms with E-state index in [9.17, 15) is 4.79 Å². The Bertz CT molecular complexity index is 842. The van der Waals surface area contributed by atoms with Crippen molar-refractivity contribution in [1.29, 1.82) is 0 Å². The van der Waals surface area contributed by atoms with Gasteiger partial charge in [0.25, 0.3) is 5.91 Å². The molecule has 1 amide bonds. The molecule has 1 saturated heterocycles. The summed E-state index contributed by atoms with van der Waals surface area (Å²) in [5.41, 5.74) is 1.19. The summed E-state index contributed by atoms with van der Waals surface area (Å²) in [6.07, 6.45) is 1.65. The van der Waals surface area contributed by atoms with Crippen LogP contribution in [0.5, 0.6) is 0 Å². The van der Waals surface area contributed by atoms with E-state index in [0.717, 1.165) is 35.9 Å². The number of amides is 1. The number of halogens is 2. The predicted octanol–water partition coefficient (Wildman–Crippen LogP) is 4.76. The second-order valence-electron chi connectivity index (χ2n) is 6.72. The van der Waals surface area contributed by atoms with Crippen molar-refractivity contribution in [3.8, 4) is 0 Å². The molecule has 0 saturated carbocycles. The predicted molar refractivity (Wildman–Crippen MR) is 111 cm³/mol. The monoisotopic (exact) mass is 406 g/mol. The van der Waals surface area contributed by atoms with Gasteiger partial charge >= 0.3 is 0 Å². The third-order valence-corrected chi connectivity index (χ3v) is 5.86. The van der Waals surface area contributed by atoms with Gasteiger partial charge in [-0.3, -0.25) is 4.79 Å². The van der Waals surface area contributed by atoms with Crippen LogP contribution in [-0.2, 0) is 6.42 Å². The maximum atomic E-state index is 12.6. The molecule has 1 aliphatic rings. The standard InChI is InChI=1S/C20H20Cl2N2OS/c1-20(23-18(25)15-5-3-7-17(22)13-15)9-11-24(19(20)26)10-8-14-4-2-6-16(21)12-14/h2-7,12-13H,8-11H2,1H3,(H,23,25)/t20-/m0/s1. The summed E-state index contributed by atoms with van der Waals surface area (Å²) in [4.78, 5) is 15.5. The first-order valence-electron chi connectivity index (χ1n) is 8.49. The second kappa shape index (κ2) is 7.95. The van der Waals surface area contributed by atoms with Gasteiger partial charge in [0.1, 0.15) is 4.99 Å². The molecule has 1 N–H and O–H groups in total. The van der Waals surface area contributed by atoms with Crippen LogP contribution >= 0.6 is 35.4 Å². The normalized spacial score (nSPS) is 19.7. The number of hydrogen-bond donors (Lipinski definition) is 1. The average Bonchev–Trinajstić information content (AvgIpc) is 2.88. The minimum atomic E-state index is -0.525. The Kier molecular flexibility index (Phi) is 5.86. The quantitative estimate of drug-likeness (QED) is 0.726.